The standard InChI is InChI=1S/C72H40O3/c1-3-16-46-41(14-1)28-36-64-70(46)59-39-44(31-34-62(59)73-64)67-50-20-7-5-18-48(50)66(49-19-6-8-21-51(49)67)43-30-33-61-58(38-43)56-26-13-27-57(72(56)75-61)69-54-24-11-9-22-52(54)68(53-23-10-12-25-55(53)69)45-32-35-63-60(40-45)71-47-17-4-2-15-42(47)29-37-65(71)74-63/h1-40H. The van der Waals surface area contributed by atoms with Gasteiger partial charge in [0.25, 0.3) is 0 Å². The van der Waals surface area contributed by atoms with Gasteiger partial charge in [-0.25, -0.2) is 0 Å². The summed E-state index contributed by atoms with van der Waals surface area (Å²) in [4.78, 5) is 0. The lowest BCUT2D eigenvalue weighted by atomic mass is 9.85. The van der Waals surface area contributed by atoms with Gasteiger partial charge in [-0.05, 0) is 147 Å². The number of benzene rings is 14. The Labute approximate surface area is 428 Å². The quantitative estimate of drug-likeness (QED) is 0.165. The van der Waals surface area contributed by atoms with Gasteiger partial charge < -0.3 is 13.3 Å². The zero-order valence-electron chi connectivity index (χ0n) is 40.3. The van der Waals surface area contributed by atoms with Crippen molar-refractivity contribution in [1.82, 2.24) is 0 Å². The molecule has 0 fully saturated rings. The average Bonchev–Trinajstić information content (AvgIpc) is 4.20. The van der Waals surface area contributed by atoms with Crippen LogP contribution >= 0.6 is 0 Å². The highest BCUT2D eigenvalue weighted by molar-refractivity contribution is 6.28. The Hall–Kier alpha value is -9.96. The van der Waals surface area contributed by atoms with Crippen LogP contribution in [0.15, 0.2) is 256 Å². The van der Waals surface area contributed by atoms with Gasteiger partial charge in [-0.1, -0.05) is 194 Å². The molecule has 0 aliphatic rings. The minimum Gasteiger partial charge on any atom is -0.456 e. The van der Waals surface area contributed by atoms with E-state index in [1.807, 2.05) is 0 Å². The summed E-state index contributed by atoms with van der Waals surface area (Å²) >= 11 is 0. The van der Waals surface area contributed by atoms with Gasteiger partial charge in [0.15, 0.2) is 0 Å². The van der Waals surface area contributed by atoms with Crippen molar-refractivity contribution in [3.8, 4) is 44.5 Å². The number of fused-ring (bicyclic) bond motifs is 17. The first kappa shape index (κ1) is 40.6. The maximum Gasteiger partial charge on any atom is 0.143 e. The zero-order valence-corrected chi connectivity index (χ0v) is 40.3. The second-order valence-electron chi connectivity index (χ2n) is 20.1. The third-order valence-corrected chi connectivity index (χ3v) is 16.2. The molecule has 0 atom stereocenters. The van der Waals surface area contributed by atoms with Crippen molar-refractivity contribution in [3.05, 3.63) is 243 Å². The van der Waals surface area contributed by atoms with Crippen LogP contribution in [-0.4, -0.2) is 0 Å². The lowest BCUT2D eigenvalue weighted by Gasteiger charge is -2.18. The molecule has 17 rings (SSSR count). The van der Waals surface area contributed by atoms with Crippen molar-refractivity contribution in [3.63, 3.8) is 0 Å². The summed E-state index contributed by atoms with van der Waals surface area (Å²) in [5.74, 6) is 0. The highest BCUT2D eigenvalue weighted by Gasteiger charge is 2.24. The summed E-state index contributed by atoms with van der Waals surface area (Å²) in [6.07, 6.45) is 0. The predicted octanol–water partition coefficient (Wildman–Crippen LogP) is 21.0. The van der Waals surface area contributed by atoms with E-state index in [-0.39, 0.29) is 0 Å². The van der Waals surface area contributed by atoms with E-state index in [1.165, 1.54) is 81.3 Å². The van der Waals surface area contributed by atoms with Crippen molar-refractivity contribution in [2.24, 2.45) is 0 Å². The number of hydrogen-bond acceptors (Lipinski definition) is 3. The SMILES string of the molecule is c1ccc2c(c1)ccc1oc3ccc(-c4c5ccccc5c(-c5ccc6oc7c(-c8c9ccccc9c(-c9ccc%10oc%11ccc%12ccccc%12c%11c%10c9)c9ccccc89)cccc7c6c5)c5ccccc45)cc3c12. The Bertz CT molecular complexity index is 5200. The van der Waals surface area contributed by atoms with Crippen LogP contribution in [0.25, 0.3) is 175 Å². The number of para-hydroxylation sites is 1. The van der Waals surface area contributed by atoms with E-state index in [2.05, 4.69) is 243 Å². The second kappa shape index (κ2) is 15.3. The Morgan fingerprint density at radius 1 is 0.200 bits per heavy atom. The Morgan fingerprint density at radius 3 is 0.960 bits per heavy atom. The molecular formula is C72H40O3. The topological polar surface area (TPSA) is 39.4 Å². The van der Waals surface area contributed by atoms with Crippen LogP contribution in [0.5, 0.6) is 0 Å². The minimum atomic E-state index is 0.859. The monoisotopic (exact) mass is 952 g/mol. The van der Waals surface area contributed by atoms with Crippen LogP contribution in [0, 0.1) is 0 Å². The molecule has 0 spiro atoms. The largest absolute Gasteiger partial charge is 0.456 e. The molecule has 0 aliphatic carbocycles. The van der Waals surface area contributed by atoms with Gasteiger partial charge in [-0.2, -0.15) is 0 Å². The van der Waals surface area contributed by atoms with Crippen molar-refractivity contribution in [1.29, 1.82) is 0 Å². The first-order chi connectivity index (χ1) is 37.2. The van der Waals surface area contributed by atoms with E-state index in [4.69, 9.17) is 13.3 Å². The molecule has 3 nitrogen and oxygen atoms in total. The van der Waals surface area contributed by atoms with Crippen LogP contribution in [0.2, 0.25) is 0 Å². The Morgan fingerprint density at radius 2 is 0.533 bits per heavy atom. The third kappa shape index (κ3) is 5.75. The minimum absolute atomic E-state index is 0.859. The normalized spacial score (nSPS) is 12.3. The van der Waals surface area contributed by atoms with Gasteiger partial charge in [-0.15, -0.1) is 0 Å². The summed E-state index contributed by atoms with van der Waals surface area (Å²) in [6, 6.07) is 88.1. The third-order valence-electron chi connectivity index (χ3n) is 16.2. The van der Waals surface area contributed by atoms with E-state index in [1.54, 1.807) is 0 Å². The highest BCUT2D eigenvalue weighted by atomic mass is 16.3. The molecule has 346 valence electrons. The first-order valence-electron chi connectivity index (χ1n) is 25.7. The molecule has 0 aliphatic heterocycles. The fourth-order valence-electron chi connectivity index (χ4n) is 13.0. The van der Waals surface area contributed by atoms with Gasteiger partial charge in [0.2, 0.25) is 0 Å². The smallest absolute Gasteiger partial charge is 0.143 e. The van der Waals surface area contributed by atoms with Crippen LogP contribution in [-0.2, 0) is 0 Å². The summed E-state index contributed by atoms with van der Waals surface area (Å²) in [5.41, 5.74) is 14.7. The molecule has 3 heterocycles. The lowest BCUT2D eigenvalue weighted by molar-refractivity contribution is 0.669. The van der Waals surface area contributed by atoms with Crippen LogP contribution in [0.3, 0.4) is 0 Å². The van der Waals surface area contributed by atoms with Gasteiger partial charge in [-0.3, -0.25) is 0 Å². The molecule has 14 aromatic carbocycles. The second-order valence-corrected chi connectivity index (χ2v) is 20.1. The highest BCUT2D eigenvalue weighted by Crippen LogP contribution is 2.50. The molecular weight excluding hydrogens is 913 g/mol. The van der Waals surface area contributed by atoms with Crippen LogP contribution in [0.1, 0.15) is 0 Å². The van der Waals surface area contributed by atoms with Gasteiger partial charge in [0.1, 0.15) is 33.5 Å². The van der Waals surface area contributed by atoms with E-state index >= 15 is 0 Å². The molecule has 0 saturated carbocycles. The summed E-state index contributed by atoms with van der Waals surface area (Å²) in [6.45, 7) is 0. The molecule has 0 amide bonds. The average molecular weight is 953 g/mol. The molecule has 3 heteroatoms. The van der Waals surface area contributed by atoms with Crippen molar-refractivity contribution >= 4 is 130 Å². The van der Waals surface area contributed by atoms with E-state index in [9.17, 15) is 0 Å². The van der Waals surface area contributed by atoms with Crippen molar-refractivity contribution in [2.75, 3.05) is 0 Å². The number of hydrogen-bond donors (Lipinski definition) is 0. The lowest BCUT2D eigenvalue weighted by Crippen LogP contribution is -1.91. The Balaban J connectivity index is 0.854. The summed E-state index contributed by atoms with van der Waals surface area (Å²) < 4.78 is 20.0. The number of rotatable bonds is 4. The predicted molar refractivity (Wildman–Crippen MR) is 315 cm³/mol. The molecule has 0 radical (unpaired) electrons. The molecule has 0 unspecified atom stereocenters. The zero-order chi connectivity index (χ0) is 48.9. The maximum absolute atomic E-state index is 7.08. The van der Waals surface area contributed by atoms with Gasteiger partial charge >= 0.3 is 0 Å². The Kier molecular flexibility index (Phi) is 8.28. The van der Waals surface area contributed by atoms with E-state index < -0.39 is 0 Å². The summed E-state index contributed by atoms with van der Waals surface area (Å²) in [5, 5.41) is 21.1. The molecule has 17 aromatic rings. The molecule has 0 saturated heterocycles. The summed E-state index contributed by atoms with van der Waals surface area (Å²) in [7, 11) is 0. The molecule has 0 N–H and O–H groups in total. The maximum atomic E-state index is 7.08. The van der Waals surface area contributed by atoms with Gasteiger partial charge in [0.05, 0.1) is 0 Å². The van der Waals surface area contributed by atoms with Crippen LogP contribution in [0.4, 0.5) is 0 Å². The van der Waals surface area contributed by atoms with Crippen molar-refractivity contribution < 1.29 is 13.3 Å². The number of furan rings is 3. The molecule has 0 bridgehead atoms. The molecule has 3 aromatic heterocycles. The molecule has 75 heavy (non-hydrogen) atoms. The fourth-order valence-corrected chi connectivity index (χ4v) is 13.0. The van der Waals surface area contributed by atoms with Gasteiger partial charge in [0, 0.05) is 43.4 Å². The first-order valence-corrected chi connectivity index (χ1v) is 25.7. The van der Waals surface area contributed by atoms with E-state index in [0.717, 1.165) is 93.6 Å². The van der Waals surface area contributed by atoms with Crippen LogP contribution < -0.4 is 0 Å². The van der Waals surface area contributed by atoms with E-state index in [0.29, 0.717) is 0 Å². The van der Waals surface area contributed by atoms with Crippen molar-refractivity contribution in [2.45, 2.75) is 0 Å². The fraction of sp³-hybridized carbons (Fsp3) is 0.